The number of nitrogens with one attached hydrogen (secondary N) is 2. The predicted octanol–water partition coefficient (Wildman–Crippen LogP) is 3.13. The van der Waals surface area contributed by atoms with E-state index in [-0.39, 0.29) is 5.91 Å². The Balaban J connectivity index is 1.32. The van der Waals surface area contributed by atoms with Gasteiger partial charge in [-0.2, -0.15) is 0 Å². The molecule has 1 fully saturated rings. The van der Waals surface area contributed by atoms with Gasteiger partial charge < -0.3 is 15.2 Å². The number of amides is 1. The molecule has 0 bridgehead atoms. The summed E-state index contributed by atoms with van der Waals surface area (Å²) in [5, 5.41) is 2.90. The van der Waals surface area contributed by atoms with Gasteiger partial charge in [0.25, 0.3) is 0 Å². The Bertz CT molecular complexity index is 832. The Morgan fingerprint density at radius 3 is 2.76 bits per heavy atom. The molecule has 2 N–H and O–H groups in total. The highest BCUT2D eigenvalue weighted by atomic mass is 16.1. The summed E-state index contributed by atoms with van der Waals surface area (Å²) in [5.74, 6) is 1.79. The van der Waals surface area contributed by atoms with Crippen molar-refractivity contribution in [1.29, 1.82) is 0 Å². The zero-order chi connectivity index (χ0) is 17.1. The monoisotopic (exact) mass is 335 g/mol. The molecule has 2 aromatic heterocycles. The number of carbonyl (C=O) groups excluding carboxylic acids is 1. The fraction of sp³-hybridized carbons (Fsp3) is 0.316. The van der Waals surface area contributed by atoms with Crippen molar-refractivity contribution in [3.05, 3.63) is 48.4 Å². The molecule has 0 aliphatic carbocycles. The molecule has 6 heteroatoms. The van der Waals surface area contributed by atoms with Crippen molar-refractivity contribution in [2.75, 3.05) is 23.3 Å². The zero-order valence-corrected chi connectivity index (χ0v) is 14.0. The SMILES string of the molecule is O=C(CCc1nc2ccccc2[nH]1)Nc1ccc(N2CCCC2)nc1. The Morgan fingerprint density at radius 1 is 1.16 bits per heavy atom. The molecule has 25 heavy (non-hydrogen) atoms. The maximum Gasteiger partial charge on any atom is 0.224 e. The maximum atomic E-state index is 12.2. The van der Waals surface area contributed by atoms with Crippen molar-refractivity contribution < 1.29 is 4.79 Å². The van der Waals surface area contributed by atoms with Crippen LogP contribution < -0.4 is 10.2 Å². The number of fused-ring (bicyclic) bond motifs is 1. The second-order valence-electron chi connectivity index (χ2n) is 6.35. The lowest BCUT2D eigenvalue weighted by atomic mass is 10.2. The standard InChI is InChI=1S/C19H21N5O/c25-19(10-8-17-22-15-5-1-2-6-16(15)23-17)21-14-7-9-18(20-13-14)24-11-3-4-12-24/h1-2,5-7,9,13H,3-4,8,10-12H2,(H,21,25)(H,22,23). The average Bonchev–Trinajstić information content (AvgIpc) is 3.30. The number of para-hydroxylation sites is 2. The number of hydrogen-bond acceptors (Lipinski definition) is 4. The molecule has 1 aromatic carbocycles. The highest BCUT2D eigenvalue weighted by Crippen LogP contribution is 2.19. The van der Waals surface area contributed by atoms with E-state index in [1.807, 2.05) is 36.4 Å². The van der Waals surface area contributed by atoms with Gasteiger partial charge >= 0.3 is 0 Å². The van der Waals surface area contributed by atoms with E-state index in [0.717, 1.165) is 41.5 Å². The van der Waals surface area contributed by atoms with Gasteiger partial charge in [0.05, 0.1) is 22.9 Å². The first kappa shape index (κ1) is 15.6. The number of aryl methyl sites for hydroxylation is 1. The Labute approximate surface area is 146 Å². The van der Waals surface area contributed by atoms with Gasteiger partial charge in [0.2, 0.25) is 5.91 Å². The number of pyridine rings is 1. The lowest BCUT2D eigenvalue weighted by molar-refractivity contribution is -0.116. The number of H-pyrrole nitrogens is 1. The number of rotatable bonds is 5. The van der Waals surface area contributed by atoms with Gasteiger partial charge in [-0.1, -0.05) is 12.1 Å². The third kappa shape index (κ3) is 3.63. The summed E-state index contributed by atoms with van der Waals surface area (Å²) < 4.78 is 0. The minimum Gasteiger partial charge on any atom is -0.357 e. The van der Waals surface area contributed by atoms with Gasteiger partial charge in [0.1, 0.15) is 11.6 Å². The van der Waals surface area contributed by atoms with E-state index < -0.39 is 0 Å². The smallest absolute Gasteiger partial charge is 0.224 e. The Hall–Kier alpha value is -2.89. The highest BCUT2D eigenvalue weighted by molar-refractivity contribution is 5.90. The molecule has 1 aliphatic rings. The zero-order valence-electron chi connectivity index (χ0n) is 14.0. The molecule has 128 valence electrons. The van der Waals surface area contributed by atoms with Gasteiger partial charge in [-0.05, 0) is 37.1 Å². The van der Waals surface area contributed by atoms with E-state index >= 15 is 0 Å². The fourth-order valence-corrected chi connectivity index (χ4v) is 3.17. The normalized spacial score (nSPS) is 14.2. The minimum absolute atomic E-state index is 0.0313. The van der Waals surface area contributed by atoms with Gasteiger partial charge in [0.15, 0.2) is 0 Å². The summed E-state index contributed by atoms with van der Waals surface area (Å²) >= 11 is 0. The van der Waals surface area contributed by atoms with Gasteiger partial charge in [0, 0.05) is 25.9 Å². The molecule has 0 unspecified atom stereocenters. The number of aromatic amines is 1. The number of benzene rings is 1. The molecule has 1 aliphatic heterocycles. The molecule has 6 nitrogen and oxygen atoms in total. The largest absolute Gasteiger partial charge is 0.357 e. The van der Waals surface area contributed by atoms with Crippen LogP contribution in [-0.4, -0.2) is 33.9 Å². The molecule has 1 saturated heterocycles. The van der Waals surface area contributed by atoms with Crippen LogP contribution in [0.1, 0.15) is 25.1 Å². The summed E-state index contributed by atoms with van der Waals surface area (Å²) in [6.45, 7) is 2.13. The van der Waals surface area contributed by atoms with Crippen LogP contribution in [0.5, 0.6) is 0 Å². The van der Waals surface area contributed by atoms with E-state index in [9.17, 15) is 4.79 Å². The molecular formula is C19H21N5O. The molecule has 1 amide bonds. The van der Waals surface area contributed by atoms with Crippen LogP contribution in [0.15, 0.2) is 42.6 Å². The molecule has 0 saturated carbocycles. The van der Waals surface area contributed by atoms with Crippen LogP contribution in [0.3, 0.4) is 0 Å². The van der Waals surface area contributed by atoms with E-state index in [4.69, 9.17) is 0 Å². The third-order valence-corrected chi connectivity index (χ3v) is 4.49. The van der Waals surface area contributed by atoms with Gasteiger partial charge in [-0.15, -0.1) is 0 Å². The van der Waals surface area contributed by atoms with Crippen LogP contribution in [0.4, 0.5) is 11.5 Å². The van der Waals surface area contributed by atoms with Crippen molar-refractivity contribution in [2.45, 2.75) is 25.7 Å². The van der Waals surface area contributed by atoms with E-state index in [2.05, 4.69) is 25.2 Å². The number of anilines is 2. The Kier molecular flexibility index (Phi) is 4.33. The number of aromatic nitrogens is 3. The van der Waals surface area contributed by atoms with Crippen LogP contribution in [0.2, 0.25) is 0 Å². The number of hydrogen-bond donors (Lipinski definition) is 2. The molecule has 0 spiro atoms. The molecule has 4 rings (SSSR count). The van der Waals surface area contributed by atoms with Crippen molar-refractivity contribution >= 4 is 28.4 Å². The summed E-state index contributed by atoms with van der Waals surface area (Å²) in [6, 6.07) is 11.8. The van der Waals surface area contributed by atoms with E-state index in [1.165, 1.54) is 12.8 Å². The van der Waals surface area contributed by atoms with Crippen LogP contribution in [0.25, 0.3) is 11.0 Å². The van der Waals surface area contributed by atoms with Crippen LogP contribution >= 0.6 is 0 Å². The first-order valence-electron chi connectivity index (χ1n) is 8.72. The van der Waals surface area contributed by atoms with Crippen molar-refractivity contribution in [3.8, 4) is 0 Å². The average molecular weight is 335 g/mol. The summed E-state index contributed by atoms with van der Waals surface area (Å²) in [5.41, 5.74) is 2.66. The number of imidazole rings is 1. The summed E-state index contributed by atoms with van der Waals surface area (Å²) in [7, 11) is 0. The van der Waals surface area contributed by atoms with E-state index in [1.54, 1.807) is 6.20 Å². The second kappa shape index (κ2) is 6.93. The van der Waals surface area contributed by atoms with Crippen molar-refractivity contribution in [3.63, 3.8) is 0 Å². The topological polar surface area (TPSA) is 73.9 Å². The molecule has 0 radical (unpaired) electrons. The number of carbonyl (C=O) groups is 1. The second-order valence-corrected chi connectivity index (χ2v) is 6.35. The van der Waals surface area contributed by atoms with Crippen molar-refractivity contribution in [2.24, 2.45) is 0 Å². The summed E-state index contributed by atoms with van der Waals surface area (Å²) in [4.78, 5) is 26.6. The predicted molar refractivity (Wildman–Crippen MR) is 98.7 cm³/mol. The lowest BCUT2D eigenvalue weighted by Gasteiger charge is -2.16. The first-order valence-corrected chi connectivity index (χ1v) is 8.72. The lowest BCUT2D eigenvalue weighted by Crippen LogP contribution is -2.19. The fourth-order valence-electron chi connectivity index (χ4n) is 3.17. The highest BCUT2D eigenvalue weighted by Gasteiger charge is 2.13. The first-order chi connectivity index (χ1) is 12.3. The van der Waals surface area contributed by atoms with Crippen molar-refractivity contribution in [1.82, 2.24) is 15.0 Å². The molecule has 0 atom stereocenters. The molecular weight excluding hydrogens is 314 g/mol. The van der Waals surface area contributed by atoms with E-state index in [0.29, 0.717) is 12.8 Å². The quantitative estimate of drug-likeness (QED) is 0.751. The number of nitrogens with zero attached hydrogens (tertiary/aromatic N) is 3. The molecule has 3 aromatic rings. The van der Waals surface area contributed by atoms with Crippen LogP contribution in [0, 0.1) is 0 Å². The van der Waals surface area contributed by atoms with Gasteiger partial charge in [-0.3, -0.25) is 4.79 Å². The van der Waals surface area contributed by atoms with Crippen LogP contribution in [-0.2, 0) is 11.2 Å². The minimum atomic E-state index is -0.0313. The van der Waals surface area contributed by atoms with Gasteiger partial charge in [-0.25, -0.2) is 9.97 Å². The third-order valence-electron chi connectivity index (χ3n) is 4.49. The maximum absolute atomic E-state index is 12.2. The summed E-state index contributed by atoms with van der Waals surface area (Å²) in [6.07, 6.45) is 5.14. The Morgan fingerprint density at radius 2 is 2.00 bits per heavy atom. The molecule has 3 heterocycles.